The highest BCUT2D eigenvalue weighted by atomic mass is 32.2. The molecule has 1 aromatic carbocycles. The molecule has 0 radical (unpaired) electrons. The van der Waals surface area contributed by atoms with Crippen molar-refractivity contribution in [2.45, 2.75) is 23.4 Å². The van der Waals surface area contributed by atoms with E-state index in [9.17, 15) is 8.42 Å². The molecule has 1 aromatic heterocycles. The molecule has 6 heteroatoms. The molecule has 1 N–H and O–H groups in total. The summed E-state index contributed by atoms with van der Waals surface area (Å²) in [5.74, 6) is 0. The molecule has 0 saturated heterocycles. The average Bonchev–Trinajstić information content (AvgIpc) is 2.48. The van der Waals surface area contributed by atoms with E-state index in [0.29, 0.717) is 18.7 Å². The third-order valence-electron chi connectivity index (χ3n) is 3.36. The summed E-state index contributed by atoms with van der Waals surface area (Å²) in [5.41, 5.74) is 1.63. The number of hydrogen-bond acceptors (Lipinski definition) is 5. The predicted molar refractivity (Wildman–Crippen MR) is 84.3 cm³/mol. The zero-order chi connectivity index (χ0) is 16.2. The van der Waals surface area contributed by atoms with Crippen LogP contribution < -0.4 is 0 Å². The predicted octanol–water partition coefficient (Wildman–Crippen LogP) is 1.65. The Morgan fingerprint density at radius 1 is 1.18 bits per heavy atom. The van der Waals surface area contributed by atoms with Crippen LogP contribution in [0, 0.1) is 6.92 Å². The van der Waals surface area contributed by atoms with Gasteiger partial charge in [0, 0.05) is 24.8 Å². The molecule has 0 amide bonds. The highest BCUT2D eigenvalue weighted by Crippen LogP contribution is 2.23. The van der Waals surface area contributed by atoms with Crippen molar-refractivity contribution >= 4 is 9.84 Å². The molecule has 5 nitrogen and oxygen atoms in total. The highest BCUT2D eigenvalue weighted by Gasteiger charge is 2.23. The Morgan fingerprint density at radius 3 is 2.50 bits per heavy atom. The van der Waals surface area contributed by atoms with Crippen molar-refractivity contribution in [3.63, 3.8) is 0 Å². The minimum atomic E-state index is -3.65. The minimum Gasteiger partial charge on any atom is -0.395 e. The molecule has 0 spiro atoms. The maximum atomic E-state index is 12.8. The summed E-state index contributed by atoms with van der Waals surface area (Å²) in [4.78, 5) is 6.18. The van der Waals surface area contributed by atoms with Crippen molar-refractivity contribution in [3.8, 4) is 0 Å². The lowest BCUT2D eigenvalue weighted by Gasteiger charge is -2.17. The molecule has 2 rings (SSSR count). The fraction of sp³-hybridized carbons (Fsp3) is 0.312. The first-order chi connectivity index (χ1) is 10.4. The molecule has 1 heterocycles. The second kappa shape index (κ2) is 7.00. The summed E-state index contributed by atoms with van der Waals surface area (Å²) in [6.45, 7) is 2.82. The van der Waals surface area contributed by atoms with Gasteiger partial charge < -0.3 is 5.11 Å². The van der Waals surface area contributed by atoms with E-state index in [-0.39, 0.29) is 16.5 Å². The maximum absolute atomic E-state index is 12.8. The van der Waals surface area contributed by atoms with Gasteiger partial charge in [-0.25, -0.2) is 13.4 Å². The number of aliphatic hydroxyl groups excluding tert-OH is 1. The Balaban J connectivity index is 2.41. The minimum absolute atomic E-state index is 0.0246. The van der Waals surface area contributed by atoms with Crippen LogP contribution in [0.25, 0.3) is 0 Å². The Hall–Kier alpha value is -1.76. The lowest BCUT2D eigenvalue weighted by Crippen LogP contribution is -2.23. The first-order valence-electron chi connectivity index (χ1n) is 7.00. The van der Waals surface area contributed by atoms with Crippen LogP contribution in [-0.4, -0.2) is 43.6 Å². The molecule has 0 atom stereocenters. The monoisotopic (exact) mass is 320 g/mol. The van der Waals surface area contributed by atoms with Crippen LogP contribution in [0.4, 0.5) is 0 Å². The number of aromatic nitrogens is 1. The van der Waals surface area contributed by atoms with Gasteiger partial charge in [0.25, 0.3) is 0 Å². The second-order valence-corrected chi connectivity index (χ2v) is 7.11. The Labute approximate surface area is 131 Å². The van der Waals surface area contributed by atoms with Gasteiger partial charge in [-0.2, -0.15) is 0 Å². The Kier molecular flexibility index (Phi) is 5.28. The smallest absolute Gasteiger partial charge is 0.224 e. The van der Waals surface area contributed by atoms with Crippen molar-refractivity contribution in [1.29, 1.82) is 0 Å². The number of aliphatic hydroxyl groups is 1. The molecule has 0 aliphatic rings. The molecule has 22 heavy (non-hydrogen) atoms. The number of likely N-dealkylation sites (N-methyl/N-ethyl adjacent to an activating group) is 1. The van der Waals surface area contributed by atoms with Gasteiger partial charge in [-0.05, 0) is 32.2 Å². The molecule has 0 aliphatic heterocycles. The number of aryl methyl sites for hydroxylation is 1. The zero-order valence-electron chi connectivity index (χ0n) is 12.7. The zero-order valence-corrected chi connectivity index (χ0v) is 13.5. The number of pyridine rings is 1. The maximum Gasteiger partial charge on any atom is 0.224 e. The van der Waals surface area contributed by atoms with E-state index in [1.807, 2.05) is 18.9 Å². The largest absolute Gasteiger partial charge is 0.395 e. The molecular weight excluding hydrogens is 300 g/mol. The van der Waals surface area contributed by atoms with Crippen molar-refractivity contribution in [2.75, 3.05) is 20.2 Å². The van der Waals surface area contributed by atoms with Crippen molar-refractivity contribution in [2.24, 2.45) is 0 Å². The Bertz CT molecular complexity index is 727. The molecule has 0 saturated carbocycles. The van der Waals surface area contributed by atoms with Gasteiger partial charge >= 0.3 is 0 Å². The summed E-state index contributed by atoms with van der Waals surface area (Å²) in [7, 11) is -1.82. The van der Waals surface area contributed by atoms with E-state index < -0.39 is 9.84 Å². The number of rotatable bonds is 6. The van der Waals surface area contributed by atoms with E-state index in [1.165, 1.54) is 6.20 Å². The quantitative estimate of drug-likeness (QED) is 0.876. The average molecular weight is 320 g/mol. The van der Waals surface area contributed by atoms with Gasteiger partial charge in [0.05, 0.1) is 11.5 Å². The lowest BCUT2D eigenvalue weighted by molar-refractivity contribution is 0.216. The molecule has 0 aliphatic carbocycles. The fourth-order valence-corrected chi connectivity index (χ4v) is 3.55. The number of benzene rings is 1. The van der Waals surface area contributed by atoms with Gasteiger partial charge in [0.1, 0.15) is 0 Å². The number of nitrogens with zero attached hydrogens (tertiary/aromatic N) is 2. The molecule has 0 unspecified atom stereocenters. The standard InChI is InChI=1S/C16H20N2O3S/c1-13-5-7-15(8-6-13)22(20,21)16-14(4-3-9-17-16)12-18(2)10-11-19/h3-9,19H,10-12H2,1-2H3. The van der Waals surface area contributed by atoms with Gasteiger partial charge in [-0.15, -0.1) is 0 Å². The van der Waals surface area contributed by atoms with Crippen LogP contribution in [0.3, 0.4) is 0 Å². The SMILES string of the molecule is Cc1ccc(S(=O)(=O)c2ncccc2CN(C)CCO)cc1. The van der Waals surface area contributed by atoms with Crippen LogP contribution in [0.5, 0.6) is 0 Å². The van der Waals surface area contributed by atoms with Gasteiger partial charge in [-0.3, -0.25) is 4.90 Å². The summed E-state index contributed by atoms with van der Waals surface area (Å²) >= 11 is 0. The van der Waals surface area contributed by atoms with E-state index in [1.54, 1.807) is 36.4 Å². The first kappa shape index (κ1) is 16.6. The molecular formula is C16H20N2O3S. The summed E-state index contributed by atoms with van der Waals surface area (Å²) < 4.78 is 25.5. The van der Waals surface area contributed by atoms with Crippen LogP contribution in [0.1, 0.15) is 11.1 Å². The summed E-state index contributed by atoms with van der Waals surface area (Å²) in [6.07, 6.45) is 1.48. The second-order valence-electron chi connectivity index (χ2n) is 5.25. The summed E-state index contributed by atoms with van der Waals surface area (Å²) in [5, 5.41) is 9.05. The first-order valence-corrected chi connectivity index (χ1v) is 8.48. The molecule has 2 aromatic rings. The number of sulfone groups is 1. The molecule has 0 fully saturated rings. The van der Waals surface area contributed by atoms with E-state index in [0.717, 1.165) is 5.56 Å². The molecule has 118 valence electrons. The normalized spacial score (nSPS) is 11.8. The molecule has 0 bridgehead atoms. The topological polar surface area (TPSA) is 70.5 Å². The van der Waals surface area contributed by atoms with E-state index in [2.05, 4.69) is 4.98 Å². The van der Waals surface area contributed by atoms with Crippen LogP contribution in [0.2, 0.25) is 0 Å². The van der Waals surface area contributed by atoms with Crippen LogP contribution in [0.15, 0.2) is 52.5 Å². The van der Waals surface area contributed by atoms with Crippen molar-refractivity contribution < 1.29 is 13.5 Å². The lowest BCUT2D eigenvalue weighted by atomic mass is 10.2. The highest BCUT2D eigenvalue weighted by molar-refractivity contribution is 7.91. The third kappa shape index (κ3) is 3.71. The van der Waals surface area contributed by atoms with Crippen LogP contribution >= 0.6 is 0 Å². The number of hydrogen-bond donors (Lipinski definition) is 1. The summed E-state index contributed by atoms with van der Waals surface area (Å²) in [6, 6.07) is 10.2. The van der Waals surface area contributed by atoms with Gasteiger partial charge in [0.2, 0.25) is 9.84 Å². The third-order valence-corrected chi connectivity index (χ3v) is 5.13. The van der Waals surface area contributed by atoms with E-state index >= 15 is 0 Å². The van der Waals surface area contributed by atoms with Crippen LogP contribution in [-0.2, 0) is 16.4 Å². The van der Waals surface area contributed by atoms with Crippen molar-refractivity contribution in [3.05, 3.63) is 53.7 Å². The Morgan fingerprint density at radius 2 is 1.86 bits per heavy atom. The van der Waals surface area contributed by atoms with Gasteiger partial charge in [-0.1, -0.05) is 23.8 Å². The fourth-order valence-electron chi connectivity index (χ4n) is 2.16. The van der Waals surface area contributed by atoms with Crippen molar-refractivity contribution in [1.82, 2.24) is 9.88 Å². The van der Waals surface area contributed by atoms with Gasteiger partial charge in [0.15, 0.2) is 5.03 Å². The van der Waals surface area contributed by atoms with E-state index in [4.69, 9.17) is 5.11 Å².